The van der Waals surface area contributed by atoms with E-state index in [1.165, 1.54) is 57.6 Å². The Balaban J connectivity index is 1.84. The first-order valence-corrected chi connectivity index (χ1v) is 10.1. The maximum atomic E-state index is 12.1. The van der Waals surface area contributed by atoms with Crippen LogP contribution in [-0.2, 0) is 14.8 Å². The Morgan fingerprint density at radius 2 is 1.40 bits per heavy atom. The lowest BCUT2D eigenvalue weighted by Gasteiger charge is -2.12. The number of hydrogen-bond donors (Lipinski definition) is 3. The highest BCUT2D eigenvalue weighted by molar-refractivity contribution is 7.89. The van der Waals surface area contributed by atoms with Crippen molar-refractivity contribution < 1.29 is 27.5 Å². The Kier molecular flexibility index (Phi) is 7.50. The fourth-order valence-electron chi connectivity index (χ4n) is 2.24. The van der Waals surface area contributed by atoms with Crippen LogP contribution in [0.15, 0.2) is 53.4 Å². The first-order valence-electron chi connectivity index (χ1n) is 8.69. The molecule has 11 heteroatoms. The number of amides is 3. The van der Waals surface area contributed by atoms with Crippen molar-refractivity contribution in [1.29, 1.82) is 0 Å². The van der Waals surface area contributed by atoms with Gasteiger partial charge in [0, 0.05) is 25.2 Å². The molecular formula is C19H22N4O6S. The van der Waals surface area contributed by atoms with Gasteiger partial charge in [-0.25, -0.2) is 12.7 Å². The number of carbonyl (C=O) groups excluding carboxylic acids is 3. The average molecular weight is 434 g/mol. The predicted molar refractivity (Wildman–Crippen MR) is 108 cm³/mol. The van der Waals surface area contributed by atoms with Gasteiger partial charge in [-0.15, -0.1) is 0 Å². The fourth-order valence-corrected chi connectivity index (χ4v) is 3.14. The van der Waals surface area contributed by atoms with Gasteiger partial charge in [-0.3, -0.25) is 25.2 Å². The van der Waals surface area contributed by atoms with E-state index < -0.39 is 27.7 Å². The molecule has 0 atom stereocenters. The second kappa shape index (κ2) is 9.85. The molecule has 0 heterocycles. The zero-order valence-electron chi connectivity index (χ0n) is 16.6. The number of hydrogen-bond acceptors (Lipinski definition) is 6. The first-order chi connectivity index (χ1) is 14.1. The van der Waals surface area contributed by atoms with E-state index in [0.29, 0.717) is 11.3 Å². The molecule has 0 unspecified atom stereocenters. The average Bonchev–Trinajstić information content (AvgIpc) is 2.75. The number of methoxy groups -OCH3 is 1. The number of carbonyl (C=O) groups is 3. The molecule has 0 bridgehead atoms. The summed E-state index contributed by atoms with van der Waals surface area (Å²) in [7, 11) is 0.716. The third kappa shape index (κ3) is 5.78. The number of nitrogens with one attached hydrogen (secondary N) is 3. The lowest BCUT2D eigenvalue weighted by Crippen LogP contribution is -2.46. The molecule has 0 fully saturated rings. The predicted octanol–water partition coefficient (Wildman–Crippen LogP) is 0.137. The summed E-state index contributed by atoms with van der Waals surface area (Å²) >= 11 is 0. The summed E-state index contributed by atoms with van der Waals surface area (Å²) in [6.45, 7) is -0.389. The van der Waals surface area contributed by atoms with Crippen molar-refractivity contribution in [3.8, 4) is 5.75 Å². The van der Waals surface area contributed by atoms with Crippen LogP contribution in [-0.4, -0.2) is 58.2 Å². The van der Waals surface area contributed by atoms with Crippen LogP contribution in [0.3, 0.4) is 0 Å². The van der Waals surface area contributed by atoms with Gasteiger partial charge in [-0.1, -0.05) is 0 Å². The molecule has 30 heavy (non-hydrogen) atoms. The van der Waals surface area contributed by atoms with Crippen LogP contribution in [0.1, 0.15) is 20.7 Å². The molecule has 0 aromatic heterocycles. The molecule has 0 saturated heterocycles. The van der Waals surface area contributed by atoms with Crippen molar-refractivity contribution in [3.63, 3.8) is 0 Å². The summed E-state index contributed by atoms with van der Waals surface area (Å²) in [6, 6.07) is 11.6. The van der Waals surface area contributed by atoms with E-state index in [-0.39, 0.29) is 17.0 Å². The number of benzene rings is 2. The van der Waals surface area contributed by atoms with Crippen molar-refractivity contribution in [1.82, 2.24) is 20.5 Å². The maximum Gasteiger partial charge on any atom is 0.269 e. The molecular weight excluding hydrogens is 412 g/mol. The van der Waals surface area contributed by atoms with E-state index in [9.17, 15) is 22.8 Å². The zero-order chi connectivity index (χ0) is 22.3. The largest absolute Gasteiger partial charge is 0.497 e. The molecule has 3 N–H and O–H groups in total. The standard InChI is InChI=1S/C19H22N4O6S/c1-23(2)30(27,28)16-10-6-13(7-11-16)18(25)20-12-17(24)21-22-19(26)14-4-8-15(29-3)9-5-14/h4-11H,12H2,1-3H3,(H,20,25)(H,21,24)(H,22,26). The molecule has 2 rings (SSSR count). The smallest absolute Gasteiger partial charge is 0.269 e. The van der Waals surface area contributed by atoms with E-state index in [0.717, 1.165) is 4.31 Å². The van der Waals surface area contributed by atoms with Gasteiger partial charge in [0.1, 0.15) is 5.75 Å². The van der Waals surface area contributed by atoms with Crippen molar-refractivity contribution in [2.75, 3.05) is 27.7 Å². The quantitative estimate of drug-likeness (QED) is 0.531. The monoisotopic (exact) mass is 434 g/mol. The Hall–Kier alpha value is -3.44. The van der Waals surface area contributed by atoms with Gasteiger partial charge in [0.2, 0.25) is 10.0 Å². The number of sulfonamides is 1. The van der Waals surface area contributed by atoms with Crippen molar-refractivity contribution in [3.05, 3.63) is 59.7 Å². The topological polar surface area (TPSA) is 134 Å². The van der Waals surface area contributed by atoms with Crippen molar-refractivity contribution in [2.24, 2.45) is 0 Å². The van der Waals surface area contributed by atoms with Crippen molar-refractivity contribution in [2.45, 2.75) is 4.90 Å². The Bertz CT molecular complexity index is 1020. The minimum Gasteiger partial charge on any atom is -0.497 e. The number of hydrazine groups is 1. The molecule has 0 aliphatic carbocycles. The van der Waals surface area contributed by atoms with Crippen LogP contribution in [0.25, 0.3) is 0 Å². The third-order valence-corrected chi connectivity index (χ3v) is 5.80. The van der Waals surface area contributed by atoms with Gasteiger partial charge in [0.05, 0.1) is 18.6 Å². The summed E-state index contributed by atoms with van der Waals surface area (Å²) in [5, 5.41) is 2.38. The molecule has 160 valence electrons. The van der Waals surface area contributed by atoms with Crippen LogP contribution >= 0.6 is 0 Å². The van der Waals surface area contributed by atoms with Crippen LogP contribution < -0.4 is 20.9 Å². The molecule has 0 saturated carbocycles. The second-order valence-electron chi connectivity index (χ2n) is 6.23. The van der Waals surface area contributed by atoms with E-state index in [1.54, 1.807) is 12.1 Å². The second-order valence-corrected chi connectivity index (χ2v) is 8.38. The molecule has 0 aliphatic heterocycles. The molecule has 2 aromatic rings. The lowest BCUT2D eigenvalue weighted by molar-refractivity contribution is -0.120. The highest BCUT2D eigenvalue weighted by Gasteiger charge is 2.17. The minimum absolute atomic E-state index is 0.0445. The minimum atomic E-state index is -3.60. The summed E-state index contributed by atoms with van der Waals surface area (Å²) in [5.74, 6) is -1.15. The number of rotatable bonds is 7. The van der Waals surface area contributed by atoms with Gasteiger partial charge in [-0.05, 0) is 48.5 Å². The summed E-state index contributed by atoms with van der Waals surface area (Å²) in [6.07, 6.45) is 0. The molecule has 10 nitrogen and oxygen atoms in total. The Labute approximate surface area is 174 Å². The maximum absolute atomic E-state index is 12.1. The Morgan fingerprint density at radius 3 is 1.93 bits per heavy atom. The molecule has 0 spiro atoms. The van der Waals surface area contributed by atoms with Gasteiger partial charge in [0.15, 0.2) is 0 Å². The van der Waals surface area contributed by atoms with Gasteiger partial charge >= 0.3 is 0 Å². The van der Waals surface area contributed by atoms with Gasteiger partial charge < -0.3 is 10.1 Å². The summed E-state index contributed by atoms with van der Waals surface area (Å²) in [5.41, 5.74) is 4.92. The van der Waals surface area contributed by atoms with Gasteiger partial charge in [-0.2, -0.15) is 0 Å². The normalized spacial score (nSPS) is 10.9. The SMILES string of the molecule is COc1ccc(C(=O)NNC(=O)CNC(=O)c2ccc(S(=O)(=O)N(C)C)cc2)cc1. The van der Waals surface area contributed by atoms with Crippen molar-refractivity contribution >= 4 is 27.7 Å². The van der Waals surface area contributed by atoms with Crippen LogP contribution in [0.2, 0.25) is 0 Å². The fraction of sp³-hybridized carbons (Fsp3) is 0.211. The van der Waals surface area contributed by atoms with E-state index in [1.807, 2.05) is 0 Å². The lowest BCUT2D eigenvalue weighted by atomic mass is 10.2. The first kappa shape index (κ1) is 22.8. The summed E-state index contributed by atoms with van der Waals surface area (Å²) < 4.78 is 30.1. The zero-order valence-corrected chi connectivity index (χ0v) is 17.4. The van der Waals surface area contributed by atoms with E-state index >= 15 is 0 Å². The van der Waals surface area contributed by atoms with Gasteiger partial charge in [0.25, 0.3) is 17.7 Å². The molecule has 0 radical (unpaired) electrons. The van der Waals surface area contributed by atoms with Crippen LogP contribution in [0, 0.1) is 0 Å². The van der Waals surface area contributed by atoms with Crippen LogP contribution in [0.5, 0.6) is 5.75 Å². The highest BCUT2D eigenvalue weighted by atomic mass is 32.2. The number of nitrogens with zero attached hydrogens (tertiary/aromatic N) is 1. The third-order valence-electron chi connectivity index (χ3n) is 3.97. The Morgan fingerprint density at radius 1 is 0.867 bits per heavy atom. The van der Waals surface area contributed by atoms with E-state index in [2.05, 4.69) is 16.2 Å². The van der Waals surface area contributed by atoms with Crippen LogP contribution in [0.4, 0.5) is 0 Å². The molecule has 2 aromatic carbocycles. The number of ether oxygens (including phenoxy) is 1. The molecule has 3 amide bonds. The highest BCUT2D eigenvalue weighted by Crippen LogP contribution is 2.14. The summed E-state index contributed by atoms with van der Waals surface area (Å²) in [4.78, 5) is 36.0. The molecule has 0 aliphatic rings. The van der Waals surface area contributed by atoms with E-state index in [4.69, 9.17) is 4.74 Å².